The Morgan fingerprint density at radius 3 is 1.62 bits per heavy atom. The van der Waals surface area contributed by atoms with Crippen LogP contribution in [0.15, 0.2) is 79.4 Å². The third-order valence-corrected chi connectivity index (χ3v) is 7.24. The molecule has 0 fully saturated rings. The van der Waals surface area contributed by atoms with Crippen LogP contribution in [0.5, 0.6) is 0 Å². The Balaban J connectivity index is 0.000000428. The molecule has 0 bridgehead atoms. The standard InChI is InChI=1S/C27H38N2.C9H10.ClH.Pd/c1-18(2)22-11-9-12-23(19(3)4)26(22)28-15-16-29(17-28)27-24(20(5)6)13-10-14-25(27)21(7)8;1-2-6-9-7-4-3-5-8-9;;/h9-14,18-21H,15-16H2,1-8H3;2-5,7-8H,1,6H2;1H;/q;;;+2/p-1. The van der Waals surface area contributed by atoms with Gasteiger partial charge in [0.2, 0.25) is 6.34 Å². The van der Waals surface area contributed by atoms with Gasteiger partial charge in [0.25, 0.3) is 0 Å². The van der Waals surface area contributed by atoms with E-state index in [1.165, 1.54) is 39.2 Å². The van der Waals surface area contributed by atoms with E-state index in [-0.39, 0.29) is 0 Å². The fraction of sp³-hybridized carbons (Fsp3) is 0.417. The van der Waals surface area contributed by atoms with E-state index in [9.17, 15) is 0 Å². The molecule has 3 aromatic rings. The van der Waals surface area contributed by atoms with Gasteiger partial charge in [-0.3, -0.25) is 0 Å². The number of nitrogens with zero attached hydrogens (tertiary/aromatic N) is 2. The van der Waals surface area contributed by atoms with E-state index in [0.717, 1.165) is 19.5 Å². The first kappa shape index (κ1) is 34.0. The molecule has 0 radical (unpaired) electrons. The van der Waals surface area contributed by atoms with Gasteiger partial charge in [0.05, 0.1) is 0 Å². The molecule has 2 nitrogen and oxygen atoms in total. The second-order valence-electron chi connectivity index (χ2n) is 11.6. The van der Waals surface area contributed by atoms with Crippen LogP contribution >= 0.6 is 9.53 Å². The Bertz CT molecular complexity index is 1180. The second-order valence-corrected chi connectivity index (χ2v) is 11.6. The van der Waals surface area contributed by atoms with Crippen LogP contribution in [0, 0.1) is 0 Å². The Morgan fingerprint density at radius 1 is 0.750 bits per heavy atom. The molecule has 0 saturated carbocycles. The number of rotatable bonds is 8. The van der Waals surface area contributed by atoms with Crippen LogP contribution in [0.25, 0.3) is 0 Å². The van der Waals surface area contributed by atoms with Crippen LogP contribution in [0.1, 0.15) is 107 Å². The molecule has 4 heteroatoms. The zero-order valence-corrected chi connectivity index (χ0v) is 28.0. The van der Waals surface area contributed by atoms with Crippen molar-refractivity contribution in [2.75, 3.05) is 18.0 Å². The molecule has 3 aromatic carbocycles. The van der Waals surface area contributed by atoms with Gasteiger partial charge in [-0.15, -0.1) is 6.58 Å². The number of halogens is 1. The molecule has 0 N–H and O–H groups in total. The summed E-state index contributed by atoms with van der Waals surface area (Å²) in [6.07, 6.45) is 6.66. The first-order valence-corrected chi connectivity index (χ1v) is 16.5. The van der Waals surface area contributed by atoms with Crippen molar-refractivity contribution in [3.8, 4) is 0 Å². The zero-order valence-electron chi connectivity index (χ0n) is 25.7. The summed E-state index contributed by atoms with van der Waals surface area (Å²) in [6.45, 7) is 24.0. The first-order chi connectivity index (χ1) is 19.1. The summed E-state index contributed by atoms with van der Waals surface area (Å²) in [6, 6.07) is 23.9. The molecule has 0 spiro atoms. The van der Waals surface area contributed by atoms with Crippen LogP contribution in [-0.2, 0) is 24.6 Å². The van der Waals surface area contributed by atoms with Crippen molar-refractivity contribution < 1.29 is 22.8 Å². The number of benzene rings is 3. The van der Waals surface area contributed by atoms with E-state index in [1.807, 2.05) is 24.3 Å². The zero-order chi connectivity index (χ0) is 29.8. The second kappa shape index (κ2) is 16.9. The normalized spacial score (nSPS) is 12.8. The Morgan fingerprint density at radius 2 is 1.20 bits per heavy atom. The molecule has 0 aromatic heterocycles. The van der Waals surface area contributed by atoms with Crippen LogP contribution < -0.4 is 4.90 Å². The van der Waals surface area contributed by atoms with Crippen molar-refractivity contribution in [1.29, 1.82) is 0 Å². The number of allylic oxidation sites excluding steroid dienone is 1. The molecular formula is C36H48ClN2Pd+. The van der Waals surface area contributed by atoms with Gasteiger partial charge in [-0.25, -0.2) is 0 Å². The van der Waals surface area contributed by atoms with Crippen LogP contribution in [0.2, 0.25) is 0 Å². The quantitative estimate of drug-likeness (QED) is 0.102. The van der Waals surface area contributed by atoms with Crippen molar-refractivity contribution in [2.24, 2.45) is 0 Å². The molecule has 0 atom stereocenters. The Kier molecular flexibility index (Phi) is 14.4. The molecule has 0 saturated heterocycles. The summed E-state index contributed by atoms with van der Waals surface area (Å²) < 4.78 is 2.38. The van der Waals surface area contributed by atoms with Crippen molar-refractivity contribution in [1.82, 2.24) is 0 Å². The summed E-state index contributed by atoms with van der Waals surface area (Å²) in [5, 5.41) is 0. The average molecular weight is 651 g/mol. The van der Waals surface area contributed by atoms with E-state index >= 15 is 0 Å². The van der Waals surface area contributed by atoms with Gasteiger partial charge < -0.3 is 9.48 Å². The maximum absolute atomic E-state index is 4.49. The summed E-state index contributed by atoms with van der Waals surface area (Å²) >= 11 is 2.22. The van der Waals surface area contributed by atoms with Crippen LogP contribution in [0.4, 0.5) is 11.4 Å². The summed E-state index contributed by atoms with van der Waals surface area (Å²) in [5.41, 5.74) is 9.76. The number of hydrogen-bond donors (Lipinski definition) is 0. The monoisotopic (exact) mass is 649 g/mol. The molecule has 1 aliphatic rings. The van der Waals surface area contributed by atoms with Gasteiger partial charge in [-0.2, -0.15) is 0 Å². The van der Waals surface area contributed by atoms with Gasteiger partial charge in [0.1, 0.15) is 13.1 Å². The fourth-order valence-corrected chi connectivity index (χ4v) is 5.20. The van der Waals surface area contributed by atoms with Gasteiger partial charge >= 0.3 is 27.7 Å². The van der Waals surface area contributed by atoms with Gasteiger partial charge in [0, 0.05) is 11.4 Å². The van der Waals surface area contributed by atoms with Crippen molar-refractivity contribution in [3.05, 3.63) is 107 Å². The number of anilines is 1. The Hall–Kier alpha value is -2.18. The molecule has 0 unspecified atom stereocenters. The maximum atomic E-state index is 4.49. The third-order valence-electron chi connectivity index (χ3n) is 7.24. The minimum atomic E-state index is 0.494. The van der Waals surface area contributed by atoms with Crippen LogP contribution in [0.3, 0.4) is 0 Å². The minimum absolute atomic E-state index is 0.494. The van der Waals surface area contributed by atoms with E-state index in [2.05, 4.69) is 154 Å². The summed E-state index contributed by atoms with van der Waals surface area (Å²) in [4.78, 5) is 2.38. The fourth-order valence-electron chi connectivity index (χ4n) is 5.20. The van der Waals surface area contributed by atoms with Crippen LogP contribution in [-0.4, -0.2) is 24.0 Å². The molecular weight excluding hydrogens is 602 g/mol. The van der Waals surface area contributed by atoms with Gasteiger partial charge in [0.15, 0.2) is 0 Å². The predicted molar refractivity (Wildman–Crippen MR) is 173 cm³/mol. The van der Waals surface area contributed by atoms with E-state index < -0.39 is 0 Å². The number of para-hydroxylation sites is 2. The van der Waals surface area contributed by atoms with Crippen molar-refractivity contribution >= 4 is 27.2 Å². The molecule has 218 valence electrons. The summed E-state index contributed by atoms with van der Waals surface area (Å²) in [7, 11) is 4.49. The molecule has 40 heavy (non-hydrogen) atoms. The predicted octanol–water partition coefficient (Wildman–Crippen LogP) is 10.4. The van der Waals surface area contributed by atoms with E-state index in [1.54, 1.807) is 0 Å². The van der Waals surface area contributed by atoms with E-state index in [0.29, 0.717) is 23.7 Å². The number of hydrogen-bond acceptors (Lipinski definition) is 1. The van der Waals surface area contributed by atoms with E-state index in [4.69, 9.17) is 0 Å². The topological polar surface area (TPSA) is 6.25 Å². The first-order valence-electron chi connectivity index (χ1n) is 14.5. The SMILES string of the molecule is C=CCc1ccccc1.CC(C)c1cccc(C(C)C)c1N1[C-]=[N+](c2c(C(C)C)cccc2C(C)C)CC1.[Cl][Pd+]. The molecule has 1 aliphatic heterocycles. The van der Waals surface area contributed by atoms with Gasteiger partial charge in [-0.1, -0.05) is 150 Å². The molecule has 4 rings (SSSR count). The molecule has 0 aliphatic carbocycles. The summed E-state index contributed by atoms with van der Waals surface area (Å²) in [5.74, 6) is 1.98. The molecule has 0 amide bonds. The third kappa shape index (κ3) is 8.91. The van der Waals surface area contributed by atoms with Gasteiger partial charge in [-0.05, 0) is 35.7 Å². The van der Waals surface area contributed by atoms with Crippen molar-refractivity contribution in [2.45, 2.75) is 85.5 Å². The Labute approximate surface area is 259 Å². The average Bonchev–Trinajstić information content (AvgIpc) is 3.44. The molecule has 1 heterocycles. The van der Waals surface area contributed by atoms with Crippen molar-refractivity contribution in [3.63, 3.8) is 0 Å².